The van der Waals surface area contributed by atoms with Crippen LogP contribution in [0.25, 0.3) is 6.08 Å². The Morgan fingerprint density at radius 2 is 1.63 bits per heavy atom. The molecule has 1 aliphatic rings. The Labute approximate surface area is 177 Å². The van der Waals surface area contributed by atoms with E-state index in [-0.39, 0.29) is 17.3 Å². The summed E-state index contributed by atoms with van der Waals surface area (Å²) in [6, 6.07) is 21.0. The molecule has 0 fully saturated rings. The van der Waals surface area contributed by atoms with Crippen molar-refractivity contribution >= 4 is 35.3 Å². The van der Waals surface area contributed by atoms with E-state index < -0.39 is 11.8 Å². The van der Waals surface area contributed by atoms with Gasteiger partial charge in [-0.25, -0.2) is 9.38 Å². The van der Waals surface area contributed by atoms with Gasteiger partial charge in [-0.15, -0.1) is 0 Å². The van der Waals surface area contributed by atoms with Crippen molar-refractivity contribution in [2.24, 2.45) is 4.99 Å². The summed E-state index contributed by atoms with van der Waals surface area (Å²) in [5.74, 6) is -1.12. The summed E-state index contributed by atoms with van der Waals surface area (Å²) >= 11 is 5.91. The first kappa shape index (κ1) is 19.5. The van der Waals surface area contributed by atoms with Crippen LogP contribution in [0.5, 0.6) is 0 Å². The van der Waals surface area contributed by atoms with E-state index in [9.17, 15) is 14.0 Å². The minimum atomic E-state index is -0.554. The molecule has 0 unspecified atom stereocenters. The topological polar surface area (TPSA) is 61.8 Å². The van der Waals surface area contributed by atoms with Gasteiger partial charge in [0.05, 0.1) is 0 Å². The second-order valence-corrected chi connectivity index (χ2v) is 6.91. The van der Waals surface area contributed by atoms with Crippen molar-refractivity contribution in [2.45, 2.75) is 0 Å². The van der Waals surface area contributed by atoms with Crippen LogP contribution in [0.1, 0.15) is 21.5 Å². The number of carbonyl (C=O) groups excluding carboxylic acids is 2. The monoisotopic (exact) mass is 419 g/mol. The predicted molar refractivity (Wildman–Crippen MR) is 113 cm³/mol. The number of rotatable bonds is 3. The van der Waals surface area contributed by atoms with E-state index in [0.717, 1.165) is 5.01 Å². The third-order valence-electron chi connectivity index (χ3n) is 4.38. The Morgan fingerprint density at radius 1 is 0.967 bits per heavy atom. The van der Waals surface area contributed by atoms with E-state index in [1.165, 1.54) is 18.2 Å². The van der Waals surface area contributed by atoms with Crippen molar-refractivity contribution < 1.29 is 14.0 Å². The van der Waals surface area contributed by atoms with Gasteiger partial charge in [0, 0.05) is 16.1 Å². The molecule has 148 valence electrons. The summed E-state index contributed by atoms with van der Waals surface area (Å²) in [5, 5.41) is 1.61. The number of nitrogens with one attached hydrogen (secondary N) is 1. The number of amides is 2. The Morgan fingerprint density at radius 3 is 2.30 bits per heavy atom. The first-order valence-electron chi connectivity index (χ1n) is 9.04. The SMILES string of the molecule is O=C1NN(C(=O)c2ccc(Cl)cc2)C(c2ccccc2)=N/C1=C\c1ccc(F)cc1. The number of hydrogen-bond acceptors (Lipinski definition) is 3. The lowest BCUT2D eigenvalue weighted by atomic mass is 10.1. The zero-order chi connectivity index (χ0) is 21.1. The molecular weight excluding hydrogens is 405 g/mol. The van der Waals surface area contributed by atoms with Gasteiger partial charge in [-0.2, -0.15) is 5.01 Å². The number of nitrogens with zero attached hydrogens (tertiary/aromatic N) is 2. The van der Waals surface area contributed by atoms with Crippen molar-refractivity contribution in [1.82, 2.24) is 10.4 Å². The molecule has 0 saturated carbocycles. The number of aliphatic imine (C=N–C) groups is 1. The number of hydrogen-bond donors (Lipinski definition) is 1. The Bertz CT molecular complexity index is 1160. The fraction of sp³-hybridized carbons (Fsp3) is 0. The standard InChI is InChI=1S/C23H15ClFN3O2/c24-18-10-8-17(9-11-18)23(30)28-21(16-4-2-1-3-5-16)26-20(22(29)27-28)14-15-6-12-19(25)13-7-15/h1-14H,(H,27,29)/b20-14-. The highest BCUT2D eigenvalue weighted by Gasteiger charge is 2.30. The fourth-order valence-corrected chi connectivity index (χ4v) is 3.02. The zero-order valence-corrected chi connectivity index (χ0v) is 16.3. The maximum absolute atomic E-state index is 13.2. The van der Waals surface area contributed by atoms with E-state index in [2.05, 4.69) is 10.4 Å². The van der Waals surface area contributed by atoms with Crippen LogP contribution >= 0.6 is 11.6 Å². The van der Waals surface area contributed by atoms with Crippen molar-refractivity contribution in [3.05, 3.63) is 112 Å². The molecule has 5 nitrogen and oxygen atoms in total. The Balaban J connectivity index is 1.77. The molecule has 7 heteroatoms. The number of hydrazine groups is 1. The van der Waals surface area contributed by atoms with Gasteiger partial charge in [0.1, 0.15) is 11.5 Å². The molecule has 1 N–H and O–H groups in total. The summed E-state index contributed by atoms with van der Waals surface area (Å²) in [7, 11) is 0. The van der Waals surface area contributed by atoms with E-state index in [0.29, 0.717) is 21.7 Å². The van der Waals surface area contributed by atoms with Crippen molar-refractivity contribution in [3.8, 4) is 0 Å². The van der Waals surface area contributed by atoms with Crippen molar-refractivity contribution in [3.63, 3.8) is 0 Å². The minimum Gasteiger partial charge on any atom is -0.267 e. The summed E-state index contributed by atoms with van der Waals surface area (Å²) in [4.78, 5) is 30.2. The lowest BCUT2D eigenvalue weighted by molar-refractivity contribution is -0.120. The summed E-state index contributed by atoms with van der Waals surface area (Å²) in [5.41, 5.74) is 4.29. The molecule has 2 amide bonds. The van der Waals surface area contributed by atoms with E-state index in [1.807, 2.05) is 18.2 Å². The van der Waals surface area contributed by atoms with Gasteiger partial charge in [-0.3, -0.25) is 15.0 Å². The van der Waals surface area contributed by atoms with Crippen LogP contribution in [0.15, 0.2) is 89.6 Å². The molecule has 3 aromatic carbocycles. The molecule has 30 heavy (non-hydrogen) atoms. The number of benzene rings is 3. The molecule has 0 aromatic heterocycles. The van der Waals surface area contributed by atoms with Gasteiger partial charge in [0.2, 0.25) is 0 Å². The average molecular weight is 420 g/mol. The Kier molecular flexibility index (Phi) is 5.41. The molecule has 1 aliphatic heterocycles. The maximum Gasteiger partial charge on any atom is 0.288 e. The molecular formula is C23H15ClFN3O2. The van der Waals surface area contributed by atoms with E-state index in [4.69, 9.17) is 11.6 Å². The second-order valence-electron chi connectivity index (χ2n) is 6.47. The smallest absolute Gasteiger partial charge is 0.267 e. The molecule has 0 saturated heterocycles. The molecule has 0 bridgehead atoms. The van der Waals surface area contributed by atoms with Crippen LogP contribution in [0, 0.1) is 5.82 Å². The minimum absolute atomic E-state index is 0.0978. The highest BCUT2D eigenvalue weighted by molar-refractivity contribution is 6.30. The average Bonchev–Trinajstić information content (AvgIpc) is 2.77. The first-order valence-corrected chi connectivity index (χ1v) is 9.41. The summed E-state index contributed by atoms with van der Waals surface area (Å²) < 4.78 is 13.2. The van der Waals surface area contributed by atoms with Crippen LogP contribution < -0.4 is 5.43 Å². The molecule has 0 atom stereocenters. The largest absolute Gasteiger partial charge is 0.288 e. The van der Waals surface area contributed by atoms with Gasteiger partial charge >= 0.3 is 0 Å². The number of amidine groups is 1. The Hall–Kier alpha value is -3.77. The van der Waals surface area contributed by atoms with E-state index in [1.54, 1.807) is 48.5 Å². The fourth-order valence-electron chi connectivity index (χ4n) is 2.89. The quantitative estimate of drug-likeness (QED) is 0.637. The summed E-state index contributed by atoms with van der Waals surface area (Å²) in [6.07, 6.45) is 1.53. The van der Waals surface area contributed by atoms with Crippen molar-refractivity contribution in [2.75, 3.05) is 0 Å². The van der Waals surface area contributed by atoms with Gasteiger partial charge in [-0.05, 0) is 48.0 Å². The molecule has 0 spiro atoms. The normalized spacial score (nSPS) is 15.0. The number of halogens is 2. The van der Waals surface area contributed by atoms with Crippen molar-refractivity contribution in [1.29, 1.82) is 0 Å². The van der Waals surface area contributed by atoms with Crippen LogP contribution in [-0.4, -0.2) is 22.7 Å². The molecule has 1 heterocycles. The third kappa shape index (κ3) is 4.14. The second kappa shape index (κ2) is 8.31. The van der Waals surface area contributed by atoms with Gasteiger partial charge in [0.15, 0.2) is 5.84 Å². The highest BCUT2D eigenvalue weighted by atomic mass is 35.5. The van der Waals surface area contributed by atoms with E-state index >= 15 is 0 Å². The maximum atomic E-state index is 13.2. The van der Waals surface area contributed by atoms with Gasteiger partial charge in [-0.1, -0.05) is 54.1 Å². The first-order chi connectivity index (χ1) is 14.5. The molecule has 0 radical (unpaired) electrons. The molecule has 3 aromatic rings. The summed E-state index contributed by atoms with van der Waals surface area (Å²) in [6.45, 7) is 0. The van der Waals surface area contributed by atoms with Gasteiger partial charge in [0.25, 0.3) is 11.8 Å². The van der Waals surface area contributed by atoms with Crippen LogP contribution in [0.3, 0.4) is 0 Å². The third-order valence-corrected chi connectivity index (χ3v) is 4.64. The number of carbonyl (C=O) groups is 2. The zero-order valence-electron chi connectivity index (χ0n) is 15.5. The molecule has 0 aliphatic carbocycles. The lowest BCUT2D eigenvalue weighted by Crippen LogP contribution is -2.53. The lowest BCUT2D eigenvalue weighted by Gasteiger charge is -2.28. The van der Waals surface area contributed by atoms with Crippen LogP contribution in [0.4, 0.5) is 4.39 Å². The van der Waals surface area contributed by atoms with Crippen LogP contribution in [-0.2, 0) is 4.79 Å². The highest BCUT2D eigenvalue weighted by Crippen LogP contribution is 2.19. The molecule has 4 rings (SSSR count). The van der Waals surface area contributed by atoms with Gasteiger partial charge < -0.3 is 0 Å². The van der Waals surface area contributed by atoms with Crippen LogP contribution in [0.2, 0.25) is 5.02 Å². The predicted octanol–water partition coefficient (Wildman–Crippen LogP) is 4.45.